The van der Waals surface area contributed by atoms with Crippen LogP contribution in [0.5, 0.6) is 0 Å². The van der Waals surface area contributed by atoms with Crippen LogP contribution >= 0.6 is 0 Å². The molecule has 1 saturated heterocycles. The highest BCUT2D eigenvalue weighted by molar-refractivity contribution is 5.77. The Morgan fingerprint density at radius 2 is 1.76 bits per heavy atom. The Kier molecular flexibility index (Phi) is 10.5. The van der Waals surface area contributed by atoms with Crippen molar-refractivity contribution in [3.8, 4) is 0 Å². The Bertz CT molecular complexity index is 1080. The Morgan fingerprint density at radius 1 is 1.07 bits per heavy atom. The summed E-state index contributed by atoms with van der Waals surface area (Å²) in [6.07, 6.45) is 0.723. The monoisotopic (exact) mass is 578 g/mol. The molecule has 0 aromatic rings. The van der Waals surface area contributed by atoms with E-state index in [4.69, 9.17) is 18.9 Å². The van der Waals surface area contributed by atoms with Gasteiger partial charge in [-0.15, -0.1) is 0 Å². The smallest absolute Gasteiger partial charge is 0.312 e. The summed E-state index contributed by atoms with van der Waals surface area (Å²) >= 11 is 0. The van der Waals surface area contributed by atoms with Crippen LogP contribution < -0.4 is 0 Å². The molecule has 0 radical (unpaired) electrons. The molecule has 9 atom stereocenters. The van der Waals surface area contributed by atoms with Crippen molar-refractivity contribution in [2.75, 3.05) is 0 Å². The van der Waals surface area contributed by atoms with Crippen LogP contribution in [-0.4, -0.2) is 70.2 Å². The summed E-state index contributed by atoms with van der Waals surface area (Å²) in [6, 6.07) is 0. The molecule has 1 aliphatic heterocycles. The maximum atomic E-state index is 13.2. The quantitative estimate of drug-likeness (QED) is 0.189. The van der Waals surface area contributed by atoms with Crippen molar-refractivity contribution in [3.63, 3.8) is 0 Å². The molecule has 10 heteroatoms. The summed E-state index contributed by atoms with van der Waals surface area (Å²) in [5, 5.41) is 24.2. The Balaban J connectivity index is 2.27. The number of hydrogen-bond acceptors (Lipinski definition) is 10. The molecule has 1 heterocycles. The van der Waals surface area contributed by atoms with E-state index in [1.54, 1.807) is 32.9 Å². The van der Waals surface area contributed by atoms with Gasteiger partial charge in [0.05, 0.1) is 17.4 Å². The highest BCUT2D eigenvalue weighted by atomic mass is 16.6. The second-order valence-electron chi connectivity index (χ2n) is 12.0. The molecule has 0 aromatic carbocycles. The van der Waals surface area contributed by atoms with Crippen molar-refractivity contribution in [2.45, 2.75) is 130 Å². The fourth-order valence-electron chi connectivity index (χ4n) is 6.70. The molecule has 41 heavy (non-hydrogen) atoms. The van der Waals surface area contributed by atoms with Crippen LogP contribution in [0.4, 0.5) is 0 Å². The molecular formula is C31H46O10. The summed E-state index contributed by atoms with van der Waals surface area (Å²) in [5.41, 5.74) is -2.13. The summed E-state index contributed by atoms with van der Waals surface area (Å²) in [7, 11) is 0. The minimum Gasteiger partial charge on any atom is -0.462 e. The molecule has 10 nitrogen and oxygen atoms in total. The van der Waals surface area contributed by atoms with Gasteiger partial charge in [0.1, 0.15) is 11.7 Å². The Morgan fingerprint density at radius 3 is 2.37 bits per heavy atom. The Hall–Kier alpha value is -2.72. The molecule has 0 bridgehead atoms. The maximum absolute atomic E-state index is 13.2. The van der Waals surface area contributed by atoms with Gasteiger partial charge >= 0.3 is 23.9 Å². The minimum absolute atomic E-state index is 0.0317. The van der Waals surface area contributed by atoms with Crippen LogP contribution in [0.2, 0.25) is 0 Å². The van der Waals surface area contributed by atoms with E-state index < -0.39 is 77.2 Å². The molecule has 0 unspecified atom stereocenters. The van der Waals surface area contributed by atoms with E-state index in [-0.39, 0.29) is 19.3 Å². The van der Waals surface area contributed by atoms with Crippen LogP contribution in [-0.2, 0) is 38.1 Å². The van der Waals surface area contributed by atoms with Crippen LogP contribution in [0.15, 0.2) is 23.3 Å². The topological polar surface area (TPSA) is 146 Å². The van der Waals surface area contributed by atoms with Gasteiger partial charge in [0.15, 0.2) is 18.3 Å². The van der Waals surface area contributed by atoms with Gasteiger partial charge in [-0.2, -0.15) is 0 Å². The van der Waals surface area contributed by atoms with Gasteiger partial charge in [-0.3, -0.25) is 19.2 Å². The van der Waals surface area contributed by atoms with Gasteiger partial charge < -0.3 is 29.2 Å². The zero-order valence-corrected chi connectivity index (χ0v) is 25.3. The standard InChI is InChI=1S/C31H46O10/c1-8-10-11-12-25(34)39-22-14-13-17(3)15-23-31(37,19(5)29(36)40-23)27(35)26-18(4)16-21(38-20(6)32)28(30(22,26)7)41-24(33)9-2/h15-16,19,21-23,26-28,35,37H,8-14H2,1-7H3/b17-15-/t19-,21+,22-,23-,26+,27-,28-,30+,31-/m0/s1. The molecular weight excluding hydrogens is 532 g/mol. The zero-order chi connectivity index (χ0) is 30.7. The molecule has 1 fully saturated rings. The zero-order valence-electron chi connectivity index (χ0n) is 25.3. The van der Waals surface area contributed by atoms with E-state index in [9.17, 15) is 29.4 Å². The first kappa shape index (κ1) is 32.8. The van der Waals surface area contributed by atoms with Crippen molar-refractivity contribution in [2.24, 2.45) is 17.3 Å². The van der Waals surface area contributed by atoms with Gasteiger partial charge in [-0.1, -0.05) is 44.8 Å². The molecule has 2 aliphatic carbocycles. The number of allylic oxidation sites excluding steroid dienone is 1. The number of carbonyl (C=O) groups is 4. The first-order valence-corrected chi connectivity index (χ1v) is 14.7. The number of aliphatic hydroxyl groups is 2. The SMILES string of the molecule is CCCCCC(=O)O[C@H]1CC/C(C)=C\[C@@H]2OC(=O)[C@H](C)[C@@]2(O)[C@@H](O)[C@H]2C(C)=C[C@@H](OC(C)=O)[C@H](OC(=O)CC)[C@]12C. The number of unbranched alkanes of at least 4 members (excludes halogenated alkanes) is 2. The minimum atomic E-state index is -2.04. The van der Waals surface area contributed by atoms with Crippen molar-refractivity contribution in [1.29, 1.82) is 0 Å². The second-order valence-corrected chi connectivity index (χ2v) is 12.0. The van der Waals surface area contributed by atoms with Gasteiger partial charge in [-0.25, -0.2) is 0 Å². The van der Waals surface area contributed by atoms with E-state index in [0.29, 0.717) is 18.4 Å². The van der Waals surface area contributed by atoms with Crippen LogP contribution in [0.3, 0.4) is 0 Å². The average Bonchev–Trinajstić information content (AvgIpc) is 3.11. The maximum Gasteiger partial charge on any atom is 0.312 e. The first-order valence-electron chi connectivity index (χ1n) is 14.7. The van der Waals surface area contributed by atoms with Gasteiger partial charge in [-0.05, 0) is 52.2 Å². The normalized spacial score (nSPS) is 38.3. The van der Waals surface area contributed by atoms with Crippen molar-refractivity contribution < 1.29 is 48.3 Å². The summed E-state index contributed by atoms with van der Waals surface area (Å²) in [4.78, 5) is 50.9. The second kappa shape index (κ2) is 13.1. The van der Waals surface area contributed by atoms with Gasteiger partial charge in [0.2, 0.25) is 0 Å². The third-order valence-corrected chi connectivity index (χ3v) is 9.07. The lowest BCUT2D eigenvalue weighted by Crippen LogP contribution is -2.66. The Labute approximate surface area is 242 Å². The van der Waals surface area contributed by atoms with Crippen LogP contribution in [0.1, 0.15) is 93.4 Å². The molecule has 0 aromatic heterocycles. The van der Waals surface area contributed by atoms with Gasteiger partial charge in [0.25, 0.3) is 0 Å². The van der Waals surface area contributed by atoms with Gasteiger partial charge in [0, 0.05) is 25.7 Å². The van der Waals surface area contributed by atoms with E-state index in [2.05, 4.69) is 0 Å². The van der Waals surface area contributed by atoms with E-state index in [1.165, 1.54) is 13.8 Å². The molecule has 0 amide bonds. The first-order chi connectivity index (χ1) is 19.2. The highest BCUT2D eigenvalue weighted by Gasteiger charge is 2.66. The summed E-state index contributed by atoms with van der Waals surface area (Å²) < 4.78 is 23.3. The average molecular weight is 579 g/mol. The van der Waals surface area contributed by atoms with E-state index >= 15 is 0 Å². The predicted molar refractivity (Wildman–Crippen MR) is 148 cm³/mol. The number of ether oxygens (including phenoxy) is 4. The molecule has 0 saturated carbocycles. The van der Waals surface area contributed by atoms with Crippen LogP contribution in [0, 0.1) is 17.3 Å². The number of esters is 4. The lowest BCUT2D eigenvalue weighted by Gasteiger charge is -2.55. The summed E-state index contributed by atoms with van der Waals surface area (Å²) in [6.45, 7) is 11.7. The predicted octanol–water partition coefficient (Wildman–Crippen LogP) is 3.71. The molecule has 230 valence electrons. The number of fused-ring (bicyclic) bond motifs is 2. The third kappa shape index (κ3) is 6.38. The highest BCUT2D eigenvalue weighted by Crippen LogP contribution is 2.54. The van der Waals surface area contributed by atoms with Crippen molar-refractivity contribution in [1.82, 2.24) is 0 Å². The molecule has 3 aliphatic rings. The molecule has 2 N–H and O–H groups in total. The van der Waals surface area contributed by atoms with Crippen LogP contribution in [0.25, 0.3) is 0 Å². The van der Waals surface area contributed by atoms with E-state index in [1.807, 2.05) is 13.8 Å². The number of rotatable bonds is 8. The van der Waals surface area contributed by atoms with E-state index in [0.717, 1.165) is 18.4 Å². The lowest BCUT2D eigenvalue weighted by molar-refractivity contribution is -0.221. The van der Waals surface area contributed by atoms with Crippen molar-refractivity contribution >= 4 is 23.9 Å². The van der Waals surface area contributed by atoms with Crippen molar-refractivity contribution in [3.05, 3.63) is 23.3 Å². The molecule has 0 spiro atoms. The molecule has 3 rings (SSSR count). The number of aliphatic hydroxyl groups excluding tert-OH is 1. The lowest BCUT2D eigenvalue weighted by atomic mass is 9.55. The summed E-state index contributed by atoms with van der Waals surface area (Å²) in [5.74, 6) is -4.31. The third-order valence-electron chi connectivity index (χ3n) is 9.07. The number of hydrogen-bond donors (Lipinski definition) is 2. The fraction of sp³-hybridized carbons (Fsp3) is 0.742. The largest absolute Gasteiger partial charge is 0.462 e. The number of carbonyl (C=O) groups excluding carboxylic acids is 4. The fourth-order valence-corrected chi connectivity index (χ4v) is 6.70.